The molecule has 2 aliphatic heterocycles. The molecular weight excluding hydrogens is 446 g/mol. The Bertz CT molecular complexity index is 1160. The third-order valence-electron chi connectivity index (χ3n) is 6.70. The van der Waals surface area contributed by atoms with Gasteiger partial charge in [-0.1, -0.05) is 6.07 Å². The maximum absolute atomic E-state index is 10.9. The van der Waals surface area contributed by atoms with Gasteiger partial charge in [0.2, 0.25) is 18.2 Å². The van der Waals surface area contributed by atoms with Crippen LogP contribution in [0, 0.1) is 6.92 Å². The first kappa shape index (κ1) is 23.3. The van der Waals surface area contributed by atoms with Crippen molar-refractivity contribution in [2.75, 3.05) is 53.4 Å². The summed E-state index contributed by atoms with van der Waals surface area (Å²) in [6.07, 6.45) is 0.851. The Kier molecular flexibility index (Phi) is 6.70. The Morgan fingerprint density at radius 1 is 1.06 bits per heavy atom. The lowest BCUT2D eigenvalue weighted by atomic mass is 10.0. The zero-order valence-corrected chi connectivity index (χ0v) is 20.4. The molecule has 2 aliphatic rings. The van der Waals surface area contributed by atoms with Gasteiger partial charge < -0.3 is 23.7 Å². The topological polar surface area (TPSA) is 84.2 Å². The van der Waals surface area contributed by atoms with Crippen molar-refractivity contribution >= 4 is 6.41 Å². The Morgan fingerprint density at radius 2 is 1.77 bits per heavy atom. The number of carbonyl (C=O) groups is 1. The number of piperazine rings is 1. The fraction of sp³-hybridized carbons (Fsp3) is 0.423. The zero-order chi connectivity index (χ0) is 24.4. The number of aryl methyl sites for hydroxylation is 1. The summed E-state index contributed by atoms with van der Waals surface area (Å²) in [6.45, 7) is 8.17. The summed E-state index contributed by atoms with van der Waals surface area (Å²) in [5.74, 6) is 2.47. The third-order valence-corrected chi connectivity index (χ3v) is 6.70. The Labute approximate surface area is 205 Å². The van der Waals surface area contributed by atoms with Crippen LogP contribution in [0.3, 0.4) is 0 Å². The molecule has 1 aromatic heterocycles. The Balaban J connectivity index is 1.44. The maximum atomic E-state index is 10.9. The highest BCUT2D eigenvalue weighted by molar-refractivity contribution is 5.65. The normalized spacial score (nSPS) is 17.3. The smallest absolute Gasteiger partial charge is 0.248 e. The number of hydrogen-bond donors (Lipinski definition) is 0. The van der Waals surface area contributed by atoms with E-state index in [4.69, 9.17) is 13.9 Å². The summed E-state index contributed by atoms with van der Waals surface area (Å²) in [5, 5.41) is 8.71. The molecule has 2 aromatic carbocycles. The highest BCUT2D eigenvalue weighted by Crippen LogP contribution is 2.34. The third kappa shape index (κ3) is 5.16. The molecule has 184 valence electrons. The van der Waals surface area contributed by atoms with Gasteiger partial charge >= 0.3 is 0 Å². The fourth-order valence-corrected chi connectivity index (χ4v) is 4.44. The first-order chi connectivity index (χ1) is 17.0. The van der Waals surface area contributed by atoms with Crippen molar-refractivity contribution in [2.45, 2.75) is 19.6 Å². The van der Waals surface area contributed by atoms with Crippen LogP contribution in [-0.4, -0.2) is 90.8 Å². The van der Waals surface area contributed by atoms with Crippen LogP contribution in [0.5, 0.6) is 11.5 Å². The number of likely N-dealkylation sites (N-methyl/N-ethyl adjacent to an activating group) is 1. The summed E-state index contributed by atoms with van der Waals surface area (Å²) >= 11 is 0. The number of amides is 1. The van der Waals surface area contributed by atoms with Gasteiger partial charge in [0.1, 0.15) is 17.6 Å². The number of hydrogen-bond acceptors (Lipinski definition) is 8. The average molecular weight is 478 g/mol. The lowest BCUT2D eigenvalue weighted by Crippen LogP contribution is -2.52. The summed E-state index contributed by atoms with van der Waals surface area (Å²) in [6, 6.07) is 11.7. The van der Waals surface area contributed by atoms with Gasteiger partial charge in [0, 0.05) is 43.9 Å². The SMILES string of the molecule is COc1ccc(-c2nnc(-c3cc(OC4CN(C=O)C4)c(C)cc3CN3CCN(C)CC3)o2)cc1. The van der Waals surface area contributed by atoms with E-state index in [9.17, 15) is 4.79 Å². The predicted molar refractivity (Wildman–Crippen MR) is 131 cm³/mol. The number of benzene rings is 2. The molecule has 3 aromatic rings. The molecule has 0 radical (unpaired) electrons. The number of aromatic nitrogens is 2. The van der Waals surface area contributed by atoms with Crippen LogP contribution in [0.1, 0.15) is 11.1 Å². The molecule has 2 saturated heterocycles. The van der Waals surface area contributed by atoms with Crippen LogP contribution in [0.2, 0.25) is 0 Å². The van der Waals surface area contributed by atoms with E-state index in [1.54, 1.807) is 12.0 Å². The first-order valence-electron chi connectivity index (χ1n) is 11.9. The fourth-order valence-electron chi connectivity index (χ4n) is 4.44. The molecule has 35 heavy (non-hydrogen) atoms. The van der Waals surface area contributed by atoms with Gasteiger partial charge in [-0.05, 0) is 55.4 Å². The van der Waals surface area contributed by atoms with Crippen molar-refractivity contribution in [3.05, 3.63) is 47.5 Å². The number of ether oxygens (including phenoxy) is 2. The van der Waals surface area contributed by atoms with Gasteiger partial charge in [-0.15, -0.1) is 10.2 Å². The molecule has 0 aliphatic carbocycles. The average Bonchev–Trinajstić information content (AvgIpc) is 3.34. The van der Waals surface area contributed by atoms with E-state index >= 15 is 0 Å². The highest BCUT2D eigenvalue weighted by atomic mass is 16.5. The number of methoxy groups -OCH3 is 1. The van der Waals surface area contributed by atoms with E-state index in [1.807, 2.05) is 30.3 Å². The molecule has 0 saturated carbocycles. The van der Waals surface area contributed by atoms with Gasteiger partial charge in [0.15, 0.2) is 0 Å². The van der Waals surface area contributed by atoms with Crippen molar-refractivity contribution < 1.29 is 18.7 Å². The van der Waals surface area contributed by atoms with E-state index in [1.165, 1.54) is 0 Å². The minimum Gasteiger partial charge on any atom is -0.497 e. The summed E-state index contributed by atoms with van der Waals surface area (Å²) in [7, 11) is 3.79. The summed E-state index contributed by atoms with van der Waals surface area (Å²) in [4.78, 5) is 17.4. The quantitative estimate of drug-likeness (QED) is 0.458. The van der Waals surface area contributed by atoms with E-state index in [2.05, 4.69) is 40.0 Å². The minimum atomic E-state index is -0.00669. The Hall–Kier alpha value is -3.43. The number of likely N-dealkylation sites (tertiary alicyclic amines) is 1. The molecule has 0 atom stereocenters. The highest BCUT2D eigenvalue weighted by Gasteiger charge is 2.28. The molecule has 3 heterocycles. The van der Waals surface area contributed by atoms with Crippen LogP contribution in [0.4, 0.5) is 0 Å². The predicted octanol–water partition coefficient (Wildman–Crippen LogP) is 2.69. The zero-order valence-electron chi connectivity index (χ0n) is 20.4. The van der Waals surface area contributed by atoms with Crippen LogP contribution >= 0.6 is 0 Å². The minimum absolute atomic E-state index is 0.00669. The maximum Gasteiger partial charge on any atom is 0.248 e. The second-order valence-electron chi connectivity index (χ2n) is 9.29. The molecule has 0 N–H and O–H groups in total. The van der Waals surface area contributed by atoms with Crippen LogP contribution in [0.25, 0.3) is 22.9 Å². The van der Waals surface area contributed by atoms with E-state index in [0.29, 0.717) is 24.9 Å². The molecule has 2 fully saturated rings. The Morgan fingerprint density at radius 3 is 2.46 bits per heavy atom. The van der Waals surface area contributed by atoms with E-state index in [-0.39, 0.29) is 6.10 Å². The van der Waals surface area contributed by atoms with Gasteiger partial charge in [0.25, 0.3) is 0 Å². The van der Waals surface area contributed by atoms with Gasteiger partial charge in [-0.3, -0.25) is 9.69 Å². The number of nitrogens with zero attached hydrogens (tertiary/aromatic N) is 5. The van der Waals surface area contributed by atoms with Crippen molar-refractivity contribution in [3.8, 4) is 34.4 Å². The van der Waals surface area contributed by atoms with Gasteiger partial charge in [-0.2, -0.15) is 0 Å². The lowest BCUT2D eigenvalue weighted by molar-refractivity contribution is -0.126. The second kappa shape index (κ2) is 10.1. The summed E-state index contributed by atoms with van der Waals surface area (Å²) in [5.41, 5.74) is 3.89. The van der Waals surface area contributed by atoms with E-state index in [0.717, 1.165) is 72.9 Å². The standard InChI is InChI=1S/C26H31N5O4/c1-18-12-20(14-30-10-8-29(2)9-11-30)23(13-24(18)34-22-15-31(16-22)17-32)26-28-27-25(35-26)19-4-6-21(33-3)7-5-19/h4-7,12-13,17,22H,8-11,14-16H2,1-3H3. The first-order valence-corrected chi connectivity index (χ1v) is 11.9. The van der Waals surface area contributed by atoms with E-state index < -0.39 is 0 Å². The molecule has 9 heteroatoms. The number of carbonyl (C=O) groups excluding carboxylic acids is 1. The van der Waals surface area contributed by atoms with Crippen molar-refractivity contribution in [1.82, 2.24) is 24.9 Å². The number of rotatable bonds is 8. The van der Waals surface area contributed by atoms with Gasteiger partial charge in [0.05, 0.1) is 20.2 Å². The second-order valence-corrected chi connectivity index (χ2v) is 9.29. The van der Waals surface area contributed by atoms with Crippen LogP contribution in [0.15, 0.2) is 40.8 Å². The van der Waals surface area contributed by atoms with Gasteiger partial charge in [-0.25, -0.2) is 0 Å². The molecular formula is C26H31N5O4. The summed E-state index contributed by atoms with van der Waals surface area (Å²) < 4.78 is 17.6. The lowest BCUT2D eigenvalue weighted by Gasteiger charge is -2.36. The monoisotopic (exact) mass is 477 g/mol. The molecule has 0 spiro atoms. The van der Waals surface area contributed by atoms with Crippen LogP contribution in [-0.2, 0) is 11.3 Å². The van der Waals surface area contributed by atoms with Crippen molar-refractivity contribution in [1.29, 1.82) is 0 Å². The molecule has 5 rings (SSSR count). The van der Waals surface area contributed by atoms with Crippen LogP contribution < -0.4 is 9.47 Å². The van der Waals surface area contributed by atoms with Crippen molar-refractivity contribution in [2.24, 2.45) is 0 Å². The van der Waals surface area contributed by atoms with Crippen molar-refractivity contribution in [3.63, 3.8) is 0 Å². The molecule has 9 nitrogen and oxygen atoms in total. The molecule has 0 bridgehead atoms. The largest absolute Gasteiger partial charge is 0.497 e. The molecule has 0 unspecified atom stereocenters. The molecule has 1 amide bonds.